The van der Waals surface area contributed by atoms with E-state index in [1.165, 1.54) is 24.8 Å². The molecular formula is C14H20BrNO. The zero-order valence-corrected chi connectivity index (χ0v) is 12.1. The van der Waals surface area contributed by atoms with Gasteiger partial charge >= 0.3 is 0 Å². The number of rotatable bonds is 2. The summed E-state index contributed by atoms with van der Waals surface area (Å²) in [7, 11) is 0. The number of aryl methyl sites for hydroxylation is 1. The van der Waals surface area contributed by atoms with Crippen molar-refractivity contribution >= 4 is 15.9 Å². The van der Waals surface area contributed by atoms with Gasteiger partial charge in [0.25, 0.3) is 0 Å². The first-order chi connectivity index (χ1) is 8.09. The molecule has 1 aromatic carbocycles. The topological polar surface area (TPSA) is 32.3 Å². The van der Waals surface area contributed by atoms with Crippen LogP contribution in [0.25, 0.3) is 0 Å². The molecule has 0 aliphatic carbocycles. The van der Waals surface area contributed by atoms with Gasteiger partial charge in [0.2, 0.25) is 0 Å². The summed E-state index contributed by atoms with van der Waals surface area (Å²) >= 11 is 3.48. The van der Waals surface area contributed by atoms with Crippen molar-refractivity contribution in [2.75, 3.05) is 6.54 Å². The molecule has 3 heteroatoms. The molecule has 0 amide bonds. The quantitative estimate of drug-likeness (QED) is 0.876. The molecule has 94 valence electrons. The van der Waals surface area contributed by atoms with Crippen LogP contribution in [0.15, 0.2) is 10.5 Å². The second-order valence-corrected chi connectivity index (χ2v) is 5.83. The van der Waals surface area contributed by atoms with Gasteiger partial charge < -0.3 is 10.4 Å². The second-order valence-electron chi connectivity index (χ2n) is 4.98. The number of piperidine rings is 1. The summed E-state index contributed by atoms with van der Waals surface area (Å²) < 4.78 is 0.993. The Morgan fingerprint density at radius 1 is 1.41 bits per heavy atom. The van der Waals surface area contributed by atoms with Crippen molar-refractivity contribution in [3.05, 3.63) is 27.2 Å². The molecule has 1 aromatic rings. The Morgan fingerprint density at radius 3 is 2.82 bits per heavy atom. The fourth-order valence-electron chi connectivity index (χ4n) is 2.51. The highest BCUT2D eigenvalue weighted by Gasteiger charge is 2.18. The van der Waals surface area contributed by atoms with Crippen LogP contribution in [0.1, 0.15) is 36.0 Å². The number of aromatic hydroxyl groups is 1. The van der Waals surface area contributed by atoms with Crippen molar-refractivity contribution in [2.45, 2.75) is 45.6 Å². The summed E-state index contributed by atoms with van der Waals surface area (Å²) in [6, 6.07) is 2.63. The average Bonchev–Trinajstić information content (AvgIpc) is 2.33. The number of nitrogens with one attached hydrogen (secondary N) is 1. The van der Waals surface area contributed by atoms with Crippen molar-refractivity contribution < 1.29 is 5.11 Å². The molecule has 1 fully saturated rings. The van der Waals surface area contributed by atoms with Gasteiger partial charge in [0.05, 0.1) is 0 Å². The normalized spacial score (nSPS) is 20.5. The SMILES string of the molecule is Cc1cc(Br)c(C)c(O)c1CC1CCCCN1. The van der Waals surface area contributed by atoms with Gasteiger partial charge in [-0.15, -0.1) is 0 Å². The summed E-state index contributed by atoms with van der Waals surface area (Å²) in [6.07, 6.45) is 4.73. The highest BCUT2D eigenvalue weighted by atomic mass is 79.9. The zero-order valence-electron chi connectivity index (χ0n) is 10.5. The van der Waals surface area contributed by atoms with Crippen LogP contribution in [0.4, 0.5) is 0 Å². The van der Waals surface area contributed by atoms with Gasteiger partial charge in [0, 0.05) is 16.1 Å². The Bertz CT molecular complexity index is 411. The number of hydrogen-bond acceptors (Lipinski definition) is 2. The zero-order chi connectivity index (χ0) is 12.4. The molecule has 0 radical (unpaired) electrons. The van der Waals surface area contributed by atoms with Crippen LogP contribution < -0.4 is 5.32 Å². The smallest absolute Gasteiger partial charge is 0.123 e. The van der Waals surface area contributed by atoms with Crippen LogP contribution in [0.2, 0.25) is 0 Å². The van der Waals surface area contributed by atoms with E-state index in [-0.39, 0.29) is 0 Å². The molecule has 0 bridgehead atoms. The van der Waals surface area contributed by atoms with E-state index in [1.807, 2.05) is 6.92 Å². The van der Waals surface area contributed by atoms with Gasteiger partial charge in [-0.1, -0.05) is 22.4 Å². The lowest BCUT2D eigenvalue weighted by Crippen LogP contribution is -2.35. The van der Waals surface area contributed by atoms with Gasteiger partial charge in [-0.25, -0.2) is 0 Å². The molecule has 2 rings (SSSR count). The van der Waals surface area contributed by atoms with Gasteiger partial charge in [0.15, 0.2) is 0 Å². The Balaban J connectivity index is 2.22. The lowest BCUT2D eigenvalue weighted by Gasteiger charge is -2.25. The van der Waals surface area contributed by atoms with Crippen molar-refractivity contribution in [3.8, 4) is 5.75 Å². The van der Waals surface area contributed by atoms with E-state index in [1.54, 1.807) is 0 Å². The highest BCUT2D eigenvalue weighted by Crippen LogP contribution is 2.33. The maximum atomic E-state index is 10.2. The standard InChI is InChI=1S/C14H20BrNO/c1-9-7-13(15)10(2)14(17)12(9)8-11-5-3-4-6-16-11/h7,11,16-17H,3-6,8H2,1-2H3. The van der Waals surface area contributed by atoms with Crippen molar-refractivity contribution in [3.63, 3.8) is 0 Å². The molecule has 1 heterocycles. The molecule has 0 spiro atoms. The first kappa shape index (κ1) is 12.9. The third kappa shape index (κ3) is 2.83. The third-order valence-corrected chi connectivity index (χ3v) is 4.51. The summed E-state index contributed by atoms with van der Waals surface area (Å²) in [6.45, 7) is 5.14. The Morgan fingerprint density at radius 2 is 2.18 bits per heavy atom. The fraction of sp³-hybridized carbons (Fsp3) is 0.571. The van der Waals surface area contributed by atoms with E-state index in [4.69, 9.17) is 0 Å². The average molecular weight is 298 g/mol. The molecule has 1 unspecified atom stereocenters. The predicted molar refractivity (Wildman–Crippen MR) is 74.6 cm³/mol. The van der Waals surface area contributed by atoms with Crippen molar-refractivity contribution in [1.82, 2.24) is 5.32 Å². The van der Waals surface area contributed by atoms with Gasteiger partial charge in [-0.05, 0) is 56.8 Å². The monoisotopic (exact) mass is 297 g/mol. The minimum atomic E-state index is 0.462. The molecule has 1 aliphatic heterocycles. The third-order valence-electron chi connectivity index (χ3n) is 3.68. The van der Waals surface area contributed by atoms with E-state index >= 15 is 0 Å². The summed E-state index contributed by atoms with van der Waals surface area (Å²) in [4.78, 5) is 0. The highest BCUT2D eigenvalue weighted by molar-refractivity contribution is 9.10. The van der Waals surface area contributed by atoms with E-state index in [0.29, 0.717) is 11.8 Å². The number of benzene rings is 1. The summed E-state index contributed by atoms with van der Waals surface area (Å²) in [5.74, 6) is 0.462. The number of hydrogen-bond donors (Lipinski definition) is 2. The van der Waals surface area contributed by atoms with Gasteiger partial charge in [-0.3, -0.25) is 0 Å². The second kappa shape index (κ2) is 5.40. The molecule has 1 saturated heterocycles. The molecule has 0 aromatic heterocycles. The van der Waals surface area contributed by atoms with Crippen LogP contribution in [0.5, 0.6) is 5.75 Å². The van der Waals surface area contributed by atoms with Crippen LogP contribution in [-0.4, -0.2) is 17.7 Å². The minimum Gasteiger partial charge on any atom is -0.507 e. The molecule has 1 aliphatic rings. The van der Waals surface area contributed by atoms with Crippen molar-refractivity contribution in [2.24, 2.45) is 0 Å². The molecule has 17 heavy (non-hydrogen) atoms. The van der Waals surface area contributed by atoms with E-state index in [2.05, 4.69) is 34.2 Å². The lowest BCUT2D eigenvalue weighted by atomic mass is 9.93. The summed E-state index contributed by atoms with van der Waals surface area (Å²) in [5, 5.41) is 13.8. The molecule has 2 nitrogen and oxygen atoms in total. The Hall–Kier alpha value is -0.540. The van der Waals surface area contributed by atoms with Crippen molar-refractivity contribution in [1.29, 1.82) is 0 Å². The minimum absolute atomic E-state index is 0.462. The van der Waals surface area contributed by atoms with E-state index in [0.717, 1.165) is 28.6 Å². The molecule has 0 saturated carbocycles. The Kier molecular flexibility index (Phi) is 4.10. The number of phenolic OH excluding ortho intramolecular Hbond substituents is 1. The van der Waals surface area contributed by atoms with Crippen LogP contribution in [0, 0.1) is 13.8 Å². The van der Waals surface area contributed by atoms with E-state index < -0.39 is 0 Å². The molecular weight excluding hydrogens is 278 g/mol. The molecule has 2 N–H and O–H groups in total. The van der Waals surface area contributed by atoms with Crippen LogP contribution in [-0.2, 0) is 6.42 Å². The molecule has 1 atom stereocenters. The summed E-state index contributed by atoms with van der Waals surface area (Å²) in [5.41, 5.74) is 3.22. The maximum Gasteiger partial charge on any atom is 0.123 e. The van der Waals surface area contributed by atoms with Crippen LogP contribution >= 0.6 is 15.9 Å². The van der Waals surface area contributed by atoms with Gasteiger partial charge in [0.1, 0.15) is 5.75 Å². The lowest BCUT2D eigenvalue weighted by molar-refractivity contribution is 0.390. The predicted octanol–water partition coefficient (Wildman–Crippen LogP) is 3.46. The number of halogens is 1. The first-order valence-corrected chi connectivity index (χ1v) is 7.10. The van der Waals surface area contributed by atoms with E-state index in [9.17, 15) is 5.11 Å². The number of phenols is 1. The van der Waals surface area contributed by atoms with Gasteiger partial charge in [-0.2, -0.15) is 0 Å². The Labute approximate surface area is 112 Å². The first-order valence-electron chi connectivity index (χ1n) is 6.30. The largest absolute Gasteiger partial charge is 0.507 e. The fourth-order valence-corrected chi connectivity index (χ4v) is 3.05. The van der Waals surface area contributed by atoms with Crippen LogP contribution in [0.3, 0.4) is 0 Å². The maximum absolute atomic E-state index is 10.2.